The average molecular weight is 417 g/mol. The van der Waals surface area contributed by atoms with Crippen LogP contribution in [0.2, 0.25) is 0 Å². The number of halogens is 2. The number of aromatic nitrogens is 2. The third kappa shape index (κ3) is 4.42. The molecule has 0 aromatic carbocycles. The third-order valence-corrected chi connectivity index (χ3v) is 5.09. The molecule has 0 radical (unpaired) electrons. The molecule has 0 unspecified atom stereocenters. The van der Waals surface area contributed by atoms with Crippen molar-refractivity contribution >= 4 is 23.4 Å². The lowest BCUT2D eigenvalue weighted by atomic mass is 9.87. The van der Waals surface area contributed by atoms with E-state index in [9.17, 15) is 23.2 Å². The summed E-state index contributed by atoms with van der Waals surface area (Å²) in [6.45, 7) is 2.80. The summed E-state index contributed by atoms with van der Waals surface area (Å²) in [6, 6.07) is 3.55. The van der Waals surface area contributed by atoms with E-state index in [4.69, 9.17) is 5.73 Å². The number of primary amides is 1. The molecular weight excluding hydrogens is 396 g/mol. The second-order valence-electron chi connectivity index (χ2n) is 7.35. The Bertz CT molecular complexity index is 981. The summed E-state index contributed by atoms with van der Waals surface area (Å²) in [5, 5.41) is 2.35. The van der Waals surface area contributed by atoms with Gasteiger partial charge in [0.25, 0.3) is 5.92 Å². The van der Waals surface area contributed by atoms with Crippen LogP contribution in [0.5, 0.6) is 0 Å². The fourth-order valence-corrected chi connectivity index (χ4v) is 3.28. The normalized spacial score (nSPS) is 20.5. The highest BCUT2D eigenvalue weighted by molar-refractivity contribution is 6.39. The van der Waals surface area contributed by atoms with E-state index in [0.29, 0.717) is 11.3 Å². The number of alkyl halides is 2. The highest BCUT2D eigenvalue weighted by Crippen LogP contribution is 2.42. The average Bonchev–Trinajstić information content (AvgIpc) is 2.70. The molecule has 0 spiro atoms. The van der Waals surface area contributed by atoms with Crippen molar-refractivity contribution in [1.82, 2.24) is 14.9 Å². The molecule has 3 N–H and O–H groups in total. The highest BCUT2D eigenvalue weighted by Gasteiger charge is 2.48. The Morgan fingerprint density at radius 2 is 1.97 bits per heavy atom. The zero-order chi connectivity index (χ0) is 22.1. The molecular formula is C20H21F2N5O3. The second kappa shape index (κ2) is 8.13. The van der Waals surface area contributed by atoms with Gasteiger partial charge < -0.3 is 16.0 Å². The number of likely N-dealkylation sites (tertiary alicyclic amines) is 1. The number of carbonyl (C=O) groups is 3. The lowest BCUT2D eigenvalue weighted by molar-refractivity contribution is -0.159. The molecule has 8 nitrogen and oxygen atoms in total. The van der Waals surface area contributed by atoms with Crippen molar-refractivity contribution in [2.45, 2.75) is 32.2 Å². The Hall–Kier alpha value is -3.43. The molecule has 1 aliphatic heterocycles. The minimum Gasteiger partial charge on any atom is -0.366 e. The van der Waals surface area contributed by atoms with E-state index >= 15 is 0 Å². The van der Waals surface area contributed by atoms with Crippen molar-refractivity contribution in [3.05, 3.63) is 53.6 Å². The first-order chi connectivity index (χ1) is 14.1. The standard InChI is InChI=1S/C20H21F2N5O3/c1-11-10-27(16(6-20(11,21)22)13-4-3-12(2)25-8-13)19(30)18(29)26-15-5-14(17(23)28)7-24-9-15/h3-5,7-9,11,16H,6,10H2,1-2H3,(H2,23,28)(H,26,29)/t11-,16-/m1/s1. The third-order valence-electron chi connectivity index (χ3n) is 5.09. The summed E-state index contributed by atoms with van der Waals surface area (Å²) in [7, 11) is 0. The van der Waals surface area contributed by atoms with Crippen LogP contribution >= 0.6 is 0 Å². The lowest BCUT2D eigenvalue weighted by Crippen LogP contribution is -2.52. The highest BCUT2D eigenvalue weighted by atomic mass is 19.3. The van der Waals surface area contributed by atoms with E-state index in [0.717, 1.165) is 4.90 Å². The first-order valence-corrected chi connectivity index (χ1v) is 9.25. The summed E-state index contributed by atoms with van der Waals surface area (Å²) in [6.07, 6.45) is 3.28. The van der Waals surface area contributed by atoms with Gasteiger partial charge >= 0.3 is 11.8 Å². The molecule has 1 saturated heterocycles. The largest absolute Gasteiger partial charge is 0.366 e. The van der Waals surface area contributed by atoms with Gasteiger partial charge in [-0.05, 0) is 24.6 Å². The zero-order valence-corrected chi connectivity index (χ0v) is 16.4. The van der Waals surface area contributed by atoms with Crippen LogP contribution in [-0.2, 0) is 9.59 Å². The summed E-state index contributed by atoms with van der Waals surface area (Å²) in [4.78, 5) is 45.7. The topological polar surface area (TPSA) is 118 Å². The minimum absolute atomic E-state index is 0.0510. The predicted molar refractivity (Wildman–Crippen MR) is 104 cm³/mol. The number of rotatable bonds is 3. The fraction of sp³-hybridized carbons (Fsp3) is 0.350. The number of aryl methyl sites for hydroxylation is 1. The molecule has 158 valence electrons. The Labute approximate surface area is 171 Å². The Morgan fingerprint density at radius 3 is 2.60 bits per heavy atom. The minimum atomic E-state index is -3.00. The maximum Gasteiger partial charge on any atom is 0.313 e. The summed E-state index contributed by atoms with van der Waals surface area (Å²) in [5.74, 6) is -6.86. The van der Waals surface area contributed by atoms with Crippen LogP contribution in [0.3, 0.4) is 0 Å². The number of nitrogens with one attached hydrogen (secondary N) is 1. The summed E-state index contributed by atoms with van der Waals surface area (Å²) in [5.41, 5.74) is 6.45. The van der Waals surface area contributed by atoms with Gasteiger partial charge in [0.1, 0.15) is 0 Å². The molecule has 2 aromatic heterocycles. The molecule has 3 rings (SSSR count). The van der Waals surface area contributed by atoms with Gasteiger partial charge in [-0.15, -0.1) is 0 Å². The molecule has 3 amide bonds. The van der Waals surface area contributed by atoms with Gasteiger partial charge in [0.15, 0.2) is 0 Å². The first kappa shape index (κ1) is 21.3. The molecule has 2 atom stereocenters. The maximum absolute atomic E-state index is 14.4. The van der Waals surface area contributed by atoms with Gasteiger partial charge in [-0.3, -0.25) is 24.4 Å². The van der Waals surface area contributed by atoms with Crippen LogP contribution in [0.1, 0.15) is 41.0 Å². The summed E-state index contributed by atoms with van der Waals surface area (Å²) >= 11 is 0. The number of pyridine rings is 2. The Balaban J connectivity index is 1.85. The van der Waals surface area contributed by atoms with Crippen molar-refractivity contribution in [2.24, 2.45) is 11.7 Å². The lowest BCUT2D eigenvalue weighted by Gasteiger charge is -2.42. The predicted octanol–water partition coefficient (Wildman–Crippen LogP) is 2.07. The number of nitrogens with two attached hydrogens (primary N) is 1. The number of amides is 3. The van der Waals surface area contributed by atoms with Crippen LogP contribution in [-0.4, -0.2) is 45.1 Å². The molecule has 0 bridgehead atoms. The number of hydrogen-bond donors (Lipinski definition) is 2. The molecule has 30 heavy (non-hydrogen) atoms. The van der Waals surface area contributed by atoms with Crippen molar-refractivity contribution in [3.63, 3.8) is 0 Å². The number of carbonyl (C=O) groups excluding carboxylic acids is 3. The Morgan fingerprint density at radius 1 is 1.23 bits per heavy atom. The second-order valence-corrected chi connectivity index (χ2v) is 7.35. The van der Waals surface area contributed by atoms with Gasteiger partial charge in [-0.2, -0.15) is 0 Å². The van der Waals surface area contributed by atoms with Gasteiger partial charge in [0.05, 0.1) is 23.5 Å². The van der Waals surface area contributed by atoms with Gasteiger partial charge in [0, 0.05) is 37.0 Å². The van der Waals surface area contributed by atoms with Crippen molar-refractivity contribution in [1.29, 1.82) is 0 Å². The van der Waals surface area contributed by atoms with Crippen LogP contribution in [0.15, 0.2) is 36.8 Å². The fourth-order valence-electron chi connectivity index (χ4n) is 3.28. The number of hydrogen-bond acceptors (Lipinski definition) is 5. The SMILES string of the molecule is Cc1ccc([C@H]2CC(F)(F)[C@H](C)CN2C(=O)C(=O)Nc2cncc(C(N)=O)c2)cn1. The van der Waals surface area contributed by atoms with Crippen LogP contribution in [0.25, 0.3) is 0 Å². The van der Waals surface area contributed by atoms with Crippen LogP contribution in [0, 0.1) is 12.8 Å². The van der Waals surface area contributed by atoms with E-state index in [1.165, 1.54) is 31.6 Å². The molecule has 0 saturated carbocycles. The van der Waals surface area contributed by atoms with Crippen LogP contribution in [0.4, 0.5) is 14.5 Å². The van der Waals surface area contributed by atoms with Crippen LogP contribution < -0.4 is 11.1 Å². The van der Waals surface area contributed by atoms with Gasteiger partial charge in [-0.25, -0.2) is 8.78 Å². The quantitative estimate of drug-likeness (QED) is 0.741. The summed E-state index contributed by atoms with van der Waals surface area (Å²) < 4.78 is 28.8. The molecule has 1 aliphatic rings. The van der Waals surface area contributed by atoms with E-state index in [2.05, 4.69) is 15.3 Å². The van der Waals surface area contributed by atoms with Crippen molar-refractivity contribution in [2.75, 3.05) is 11.9 Å². The molecule has 0 aliphatic carbocycles. The van der Waals surface area contributed by atoms with Gasteiger partial charge in [0.2, 0.25) is 5.91 Å². The van der Waals surface area contributed by atoms with E-state index in [-0.39, 0.29) is 17.8 Å². The first-order valence-electron chi connectivity index (χ1n) is 9.25. The molecule has 3 heterocycles. The van der Waals surface area contributed by atoms with E-state index < -0.39 is 42.0 Å². The van der Waals surface area contributed by atoms with E-state index in [1.54, 1.807) is 19.1 Å². The number of anilines is 1. The maximum atomic E-state index is 14.4. The Kier molecular flexibility index (Phi) is 5.77. The molecule has 2 aromatic rings. The molecule has 10 heteroatoms. The number of nitrogens with zero attached hydrogens (tertiary/aromatic N) is 3. The molecule has 1 fully saturated rings. The number of piperidine rings is 1. The van der Waals surface area contributed by atoms with Gasteiger partial charge in [-0.1, -0.05) is 13.0 Å². The van der Waals surface area contributed by atoms with Crippen molar-refractivity contribution < 1.29 is 23.2 Å². The monoisotopic (exact) mass is 417 g/mol. The smallest absolute Gasteiger partial charge is 0.313 e. The van der Waals surface area contributed by atoms with Crippen molar-refractivity contribution in [3.8, 4) is 0 Å². The zero-order valence-electron chi connectivity index (χ0n) is 16.4. The van der Waals surface area contributed by atoms with E-state index in [1.807, 2.05) is 0 Å².